The van der Waals surface area contributed by atoms with Crippen molar-refractivity contribution < 1.29 is 19.4 Å². The number of rotatable bonds is 7. The summed E-state index contributed by atoms with van der Waals surface area (Å²) in [5, 5.41) is 10.8. The first-order chi connectivity index (χ1) is 16.0. The van der Waals surface area contributed by atoms with Crippen LogP contribution in [0.1, 0.15) is 12.0 Å². The Balaban J connectivity index is 1.26. The second-order valence-electron chi connectivity index (χ2n) is 8.13. The minimum Gasteiger partial charge on any atom is -0.483 e. The van der Waals surface area contributed by atoms with Crippen LogP contribution in [0.2, 0.25) is 0 Å². The van der Waals surface area contributed by atoms with Gasteiger partial charge >= 0.3 is 0 Å². The first-order valence-corrected chi connectivity index (χ1v) is 10.9. The van der Waals surface area contributed by atoms with Crippen molar-refractivity contribution in [3.05, 3.63) is 90.5 Å². The molecule has 1 unspecified atom stereocenters. The van der Waals surface area contributed by atoms with Gasteiger partial charge in [-0.15, -0.1) is 0 Å². The molecule has 0 aromatic heterocycles. The zero-order valence-electron chi connectivity index (χ0n) is 18.2. The van der Waals surface area contributed by atoms with Crippen LogP contribution in [0.4, 0.5) is 0 Å². The zero-order chi connectivity index (χ0) is 23.1. The number of carbonyl (C=O) groups is 2. The molecule has 4 rings (SSSR count). The van der Waals surface area contributed by atoms with E-state index in [0.717, 1.165) is 16.7 Å². The molecule has 3 aromatic carbocycles. The monoisotopic (exact) mass is 445 g/mol. The predicted octanol–water partition coefficient (Wildman–Crippen LogP) is 2.52. The Morgan fingerprint density at radius 2 is 1.58 bits per heavy atom. The van der Waals surface area contributed by atoms with E-state index in [0.29, 0.717) is 25.3 Å². The number of para-hydroxylation sites is 1. The molecule has 0 saturated carbocycles. The van der Waals surface area contributed by atoms with Gasteiger partial charge in [-0.2, -0.15) is 0 Å². The van der Waals surface area contributed by atoms with Crippen molar-refractivity contribution in [3.8, 4) is 16.9 Å². The molecule has 3 aromatic rings. The highest BCUT2D eigenvalue weighted by Crippen LogP contribution is 2.29. The fourth-order valence-corrected chi connectivity index (χ4v) is 3.90. The SMILES string of the molecule is O=C(COc1ccccc1-c1ccccc1)NNC(=O)C1(O)CCN(Cc2ccccc2)C1. The van der Waals surface area contributed by atoms with Crippen molar-refractivity contribution in [2.45, 2.75) is 18.6 Å². The summed E-state index contributed by atoms with van der Waals surface area (Å²) in [7, 11) is 0. The van der Waals surface area contributed by atoms with Crippen LogP contribution in [0.5, 0.6) is 5.75 Å². The second kappa shape index (κ2) is 10.3. The largest absolute Gasteiger partial charge is 0.483 e. The van der Waals surface area contributed by atoms with Gasteiger partial charge in [-0.3, -0.25) is 25.3 Å². The van der Waals surface area contributed by atoms with Gasteiger partial charge in [-0.05, 0) is 23.6 Å². The van der Waals surface area contributed by atoms with E-state index in [4.69, 9.17) is 4.74 Å². The van der Waals surface area contributed by atoms with Crippen LogP contribution < -0.4 is 15.6 Å². The van der Waals surface area contributed by atoms with Crippen molar-refractivity contribution in [1.82, 2.24) is 15.8 Å². The normalized spacial score (nSPS) is 18.0. The highest BCUT2D eigenvalue weighted by atomic mass is 16.5. The topological polar surface area (TPSA) is 90.9 Å². The van der Waals surface area contributed by atoms with E-state index in [1.807, 2.05) is 83.8 Å². The molecule has 1 aliphatic heterocycles. The predicted molar refractivity (Wildman–Crippen MR) is 125 cm³/mol. The molecule has 1 atom stereocenters. The molecule has 2 amide bonds. The summed E-state index contributed by atoms with van der Waals surface area (Å²) < 4.78 is 5.69. The number of nitrogens with one attached hydrogen (secondary N) is 2. The van der Waals surface area contributed by atoms with Gasteiger partial charge in [-0.25, -0.2) is 0 Å². The van der Waals surface area contributed by atoms with Gasteiger partial charge < -0.3 is 9.84 Å². The van der Waals surface area contributed by atoms with Crippen LogP contribution in [0.15, 0.2) is 84.9 Å². The highest BCUT2D eigenvalue weighted by molar-refractivity contribution is 5.88. The van der Waals surface area contributed by atoms with Crippen LogP contribution in [0.25, 0.3) is 11.1 Å². The number of β-amino-alcohol motifs (C(OH)–C–C–N with tert-alkyl or cyclic N) is 1. The number of nitrogens with zero attached hydrogens (tertiary/aromatic N) is 1. The van der Waals surface area contributed by atoms with E-state index >= 15 is 0 Å². The number of ether oxygens (including phenoxy) is 1. The fraction of sp³-hybridized carbons (Fsp3) is 0.231. The Hall–Kier alpha value is -3.68. The lowest BCUT2D eigenvalue weighted by atomic mass is 10.0. The van der Waals surface area contributed by atoms with Gasteiger partial charge in [0.05, 0.1) is 0 Å². The van der Waals surface area contributed by atoms with Crippen LogP contribution in [0, 0.1) is 0 Å². The summed E-state index contributed by atoms with van der Waals surface area (Å²) >= 11 is 0. The summed E-state index contributed by atoms with van der Waals surface area (Å²) in [5.41, 5.74) is 6.08. The summed E-state index contributed by atoms with van der Waals surface area (Å²) in [5.74, 6) is -0.582. The summed E-state index contributed by atoms with van der Waals surface area (Å²) in [4.78, 5) is 26.8. The molecular weight excluding hydrogens is 418 g/mol. The lowest BCUT2D eigenvalue weighted by molar-refractivity contribution is -0.142. The molecule has 0 aliphatic carbocycles. The highest BCUT2D eigenvalue weighted by Gasteiger charge is 2.42. The van der Waals surface area contributed by atoms with Crippen LogP contribution in [0.3, 0.4) is 0 Å². The third kappa shape index (κ3) is 5.77. The van der Waals surface area contributed by atoms with Crippen molar-refractivity contribution >= 4 is 11.8 Å². The maximum atomic E-state index is 12.5. The summed E-state index contributed by atoms with van der Waals surface area (Å²) in [6.45, 7) is 1.16. The van der Waals surface area contributed by atoms with Gasteiger partial charge in [0, 0.05) is 25.2 Å². The van der Waals surface area contributed by atoms with Gasteiger partial charge in [0.1, 0.15) is 5.75 Å². The molecule has 170 valence electrons. The standard InChI is InChI=1S/C26H27N3O4/c30-24(18-33-23-14-8-7-13-22(23)21-11-5-2-6-12-21)27-28-25(31)26(32)15-16-29(19-26)17-20-9-3-1-4-10-20/h1-14,32H,15-19H2,(H,27,30)(H,28,31). The van der Waals surface area contributed by atoms with Crippen LogP contribution in [-0.4, -0.2) is 47.1 Å². The summed E-state index contributed by atoms with van der Waals surface area (Å²) in [6.07, 6.45) is 0.294. The lowest BCUT2D eigenvalue weighted by Gasteiger charge is -2.22. The molecule has 33 heavy (non-hydrogen) atoms. The van der Waals surface area contributed by atoms with Gasteiger partial charge in [0.25, 0.3) is 11.8 Å². The van der Waals surface area contributed by atoms with E-state index in [-0.39, 0.29) is 13.2 Å². The number of aliphatic hydroxyl groups is 1. The van der Waals surface area contributed by atoms with Crippen LogP contribution >= 0.6 is 0 Å². The molecular formula is C26H27N3O4. The molecule has 7 heteroatoms. The van der Waals surface area contributed by atoms with Crippen LogP contribution in [-0.2, 0) is 16.1 Å². The third-order valence-electron chi connectivity index (χ3n) is 5.64. The van der Waals surface area contributed by atoms with E-state index < -0.39 is 17.4 Å². The average molecular weight is 446 g/mol. The van der Waals surface area contributed by atoms with Crippen molar-refractivity contribution in [2.24, 2.45) is 0 Å². The maximum Gasteiger partial charge on any atom is 0.276 e. The molecule has 1 aliphatic rings. The Labute approximate surface area is 193 Å². The maximum absolute atomic E-state index is 12.5. The molecule has 7 nitrogen and oxygen atoms in total. The molecule has 0 bridgehead atoms. The molecule has 1 heterocycles. The molecule has 0 radical (unpaired) electrons. The number of amides is 2. The Morgan fingerprint density at radius 1 is 0.909 bits per heavy atom. The number of carbonyl (C=O) groups excluding carboxylic acids is 2. The van der Waals surface area contributed by atoms with E-state index in [2.05, 4.69) is 10.9 Å². The van der Waals surface area contributed by atoms with E-state index in [1.165, 1.54) is 0 Å². The average Bonchev–Trinajstić information content (AvgIpc) is 3.24. The Bertz CT molecular complexity index is 1090. The number of hydrogen-bond donors (Lipinski definition) is 3. The first-order valence-electron chi connectivity index (χ1n) is 10.9. The zero-order valence-corrected chi connectivity index (χ0v) is 18.2. The fourth-order valence-electron chi connectivity index (χ4n) is 3.90. The number of hydrogen-bond acceptors (Lipinski definition) is 5. The molecule has 1 saturated heterocycles. The minimum absolute atomic E-state index is 0.199. The number of likely N-dealkylation sites (tertiary alicyclic amines) is 1. The molecule has 0 spiro atoms. The lowest BCUT2D eigenvalue weighted by Crippen LogP contribution is -2.55. The molecule has 3 N–H and O–H groups in total. The van der Waals surface area contributed by atoms with Crippen molar-refractivity contribution in [1.29, 1.82) is 0 Å². The van der Waals surface area contributed by atoms with E-state index in [9.17, 15) is 14.7 Å². The quantitative estimate of drug-likeness (QED) is 0.486. The number of hydrazine groups is 1. The van der Waals surface area contributed by atoms with Gasteiger partial charge in [0.15, 0.2) is 12.2 Å². The smallest absolute Gasteiger partial charge is 0.276 e. The summed E-state index contributed by atoms with van der Waals surface area (Å²) in [6, 6.07) is 27.0. The molecule has 1 fully saturated rings. The minimum atomic E-state index is -1.55. The van der Waals surface area contributed by atoms with Crippen molar-refractivity contribution in [3.63, 3.8) is 0 Å². The first kappa shape index (κ1) is 22.5. The van der Waals surface area contributed by atoms with Gasteiger partial charge in [-0.1, -0.05) is 78.9 Å². The second-order valence-corrected chi connectivity index (χ2v) is 8.13. The Morgan fingerprint density at radius 3 is 2.33 bits per heavy atom. The number of benzene rings is 3. The van der Waals surface area contributed by atoms with E-state index in [1.54, 1.807) is 6.07 Å². The third-order valence-corrected chi connectivity index (χ3v) is 5.64. The van der Waals surface area contributed by atoms with Crippen molar-refractivity contribution in [2.75, 3.05) is 19.7 Å². The Kier molecular flexibility index (Phi) is 7.02. The van der Waals surface area contributed by atoms with Gasteiger partial charge in [0.2, 0.25) is 0 Å².